The number of methoxy groups -OCH3 is 2. The number of anilines is 2. The maximum Gasteiger partial charge on any atom is 0.262 e. The molecule has 2 aromatic carbocycles. The van der Waals surface area contributed by atoms with Crippen LogP contribution in [0.3, 0.4) is 0 Å². The van der Waals surface area contributed by atoms with Crippen molar-refractivity contribution in [2.75, 3.05) is 36.9 Å². The molecule has 1 saturated heterocycles. The van der Waals surface area contributed by atoms with E-state index in [4.69, 9.17) is 9.47 Å². The largest absolute Gasteiger partial charge is 0.497 e. The van der Waals surface area contributed by atoms with Crippen molar-refractivity contribution in [3.8, 4) is 5.75 Å². The molecular weight excluding hydrogens is 340 g/mol. The molecule has 0 saturated carbocycles. The van der Waals surface area contributed by atoms with Gasteiger partial charge in [0.15, 0.2) is 0 Å². The number of benzene rings is 2. The van der Waals surface area contributed by atoms with Crippen LogP contribution in [0.2, 0.25) is 0 Å². The summed E-state index contributed by atoms with van der Waals surface area (Å²) < 4.78 is 38.1. The Morgan fingerprint density at radius 3 is 2.52 bits per heavy atom. The van der Waals surface area contributed by atoms with Gasteiger partial charge in [-0.15, -0.1) is 0 Å². The maximum absolute atomic E-state index is 12.5. The van der Waals surface area contributed by atoms with Crippen molar-refractivity contribution in [3.63, 3.8) is 0 Å². The minimum atomic E-state index is -3.65. The first-order valence-electron chi connectivity index (χ1n) is 8.06. The molecule has 0 amide bonds. The Morgan fingerprint density at radius 1 is 1.12 bits per heavy atom. The summed E-state index contributed by atoms with van der Waals surface area (Å²) in [6.45, 7) is 1.79. The van der Waals surface area contributed by atoms with Crippen molar-refractivity contribution < 1.29 is 17.9 Å². The average molecular weight is 362 g/mol. The summed E-state index contributed by atoms with van der Waals surface area (Å²) in [5, 5.41) is 0. The summed E-state index contributed by atoms with van der Waals surface area (Å²) in [4.78, 5) is 2.40. The smallest absolute Gasteiger partial charge is 0.262 e. The van der Waals surface area contributed by atoms with E-state index in [0.29, 0.717) is 11.4 Å². The summed E-state index contributed by atoms with van der Waals surface area (Å²) in [6.07, 6.45) is 1.26. The monoisotopic (exact) mass is 362 g/mol. The molecule has 0 spiro atoms. The molecule has 1 atom stereocenters. The fourth-order valence-corrected chi connectivity index (χ4v) is 3.97. The number of sulfonamides is 1. The fraction of sp³-hybridized carbons (Fsp3) is 0.333. The van der Waals surface area contributed by atoms with Gasteiger partial charge in [0.1, 0.15) is 5.75 Å². The number of ether oxygens (including phenoxy) is 2. The first-order valence-corrected chi connectivity index (χ1v) is 9.55. The van der Waals surface area contributed by atoms with Gasteiger partial charge in [-0.05, 0) is 42.8 Å². The second-order valence-corrected chi connectivity index (χ2v) is 7.61. The van der Waals surface area contributed by atoms with Crippen LogP contribution in [-0.2, 0) is 14.8 Å². The molecular formula is C18H22N2O4S. The van der Waals surface area contributed by atoms with Gasteiger partial charge in [0.05, 0.1) is 18.1 Å². The Balaban J connectivity index is 1.72. The molecule has 0 bridgehead atoms. The molecule has 0 unspecified atom stereocenters. The Morgan fingerprint density at radius 2 is 1.88 bits per heavy atom. The molecule has 1 fully saturated rings. The summed E-state index contributed by atoms with van der Waals surface area (Å²) >= 11 is 0. The van der Waals surface area contributed by atoms with E-state index >= 15 is 0 Å². The lowest BCUT2D eigenvalue weighted by atomic mass is 10.2. The highest BCUT2D eigenvalue weighted by atomic mass is 32.2. The molecule has 1 heterocycles. The predicted molar refractivity (Wildman–Crippen MR) is 97.9 cm³/mol. The zero-order valence-electron chi connectivity index (χ0n) is 14.3. The molecule has 1 aliphatic rings. The van der Waals surface area contributed by atoms with Crippen LogP contribution >= 0.6 is 0 Å². The van der Waals surface area contributed by atoms with E-state index in [2.05, 4.69) is 9.62 Å². The normalized spacial score (nSPS) is 17.5. The van der Waals surface area contributed by atoms with Gasteiger partial charge >= 0.3 is 0 Å². The van der Waals surface area contributed by atoms with E-state index in [1.165, 1.54) is 19.2 Å². The fourth-order valence-electron chi connectivity index (χ4n) is 2.88. The summed E-state index contributed by atoms with van der Waals surface area (Å²) in [6, 6.07) is 13.8. The minimum Gasteiger partial charge on any atom is -0.497 e. The molecule has 25 heavy (non-hydrogen) atoms. The SMILES string of the molecule is COc1cccc(S(=O)(=O)Nc2ccc(N3CC[C@H](OC)C3)cc2)c1. The molecule has 1 N–H and O–H groups in total. The van der Waals surface area contributed by atoms with E-state index in [0.717, 1.165) is 25.2 Å². The number of hydrogen-bond donors (Lipinski definition) is 1. The van der Waals surface area contributed by atoms with Crippen LogP contribution in [0.15, 0.2) is 53.4 Å². The van der Waals surface area contributed by atoms with Crippen molar-refractivity contribution in [2.24, 2.45) is 0 Å². The molecule has 0 radical (unpaired) electrons. The Kier molecular flexibility index (Phi) is 5.15. The van der Waals surface area contributed by atoms with Gasteiger partial charge in [-0.1, -0.05) is 6.07 Å². The van der Waals surface area contributed by atoms with E-state index in [1.807, 2.05) is 12.1 Å². The van der Waals surface area contributed by atoms with E-state index in [1.54, 1.807) is 31.4 Å². The first-order chi connectivity index (χ1) is 12.0. The molecule has 7 heteroatoms. The molecule has 3 rings (SSSR count). The van der Waals surface area contributed by atoms with Gasteiger partial charge in [-0.3, -0.25) is 4.72 Å². The molecule has 6 nitrogen and oxygen atoms in total. The number of nitrogens with one attached hydrogen (secondary N) is 1. The lowest BCUT2D eigenvalue weighted by Gasteiger charge is -2.19. The Labute approximate surface area is 148 Å². The Bertz CT molecular complexity index is 821. The van der Waals surface area contributed by atoms with Crippen LogP contribution in [0.4, 0.5) is 11.4 Å². The first kappa shape index (κ1) is 17.6. The average Bonchev–Trinajstić information content (AvgIpc) is 3.11. The Hall–Kier alpha value is -2.25. The molecule has 0 aliphatic carbocycles. The van der Waals surface area contributed by atoms with E-state index < -0.39 is 10.0 Å². The molecule has 2 aromatic rings. The summed E-state index contributed by atoms with van der Waals surface area (Å²) in [5.41, 5.74) is 1.58. The number of nitrogens with zero attached hydrogens (tertiary/aromatic N) is 1. The van der Waals surface area contributed by atoms with Crippen molar-refractivity contribution in [1.82, 2.24) is 0 Å². The van der Waals surface area contributed by atoms with Gasteiger partial charge in [0.25, 0.3) is 10.0 Å². The van der Waals surface area contributed by atoms with Gasteiger partial charge in [0.2, 0.25) is 0 Å². The van der Waals surface area contributed by atoms with Gasteiger partial charge in [-0.25, -0.2) is 8.42 Å². The zero-order valence-corrected chi connectivity index (χ0v) is 15.1. The third kappa shape index (κ3) is 4.05. The predicted octanol–water partition coefficient (Wildman–Crippen LogP) is 2.72. The van der Waals surface area contributed by atoms with Gasteiger partial charge < -0.3 is 14.4 Å². The third-order valence-electron chi connectivity index (χ3n) is 4.31. The molecule has 1 aliphatic heterocycles. The van der Waals surface area contributed by atoms with E-state index in [9.17, 15) is 8.42 Å². The highest BCUT2D eigenvalue weighted by molar-refractivity contribution is 7.92. The summed E-state index contributed by atoms with van der Waals surface area (Å²) in [5.74, 6) is 0.500. The van der Waals surface area contributed by atoms with Crippen molar-refractivity contribution >= 4 is 21.4 Å². The second-order valence-electron chi connectivity index (χ2n) is 5.92. The lowest BCUT2D eigenvalue weighted by molar-refractivity contribution is 0.121. The van der Waals surface area contributed by atoms with Crippen LogP contribution < -0.4 is 14.4 Å². The van der Waals surface area contributed by atoms with Crippen LogP contribution in [0.1, 0.15) is 6.42 Å². The van der Waals surface area contributed by atoms with Crippen LogP contribution in [0.5, 0.6) is 5.75 Å². The molecule has 0 aromatic heterocycles. The highest BCUT2D eigenvalue weighted by Gasteiger charge is 2.22. The van der Waals surface area contributed by atoms with Crippen molar-refractivity contribution in [3.05, 3.63) is 48.5 Å². The lowest BCUT2D eigenvalue weighted by Crippen LogP contribution is -2.22. The molecule has 134 valence electrons. The number of rotatable bonds is 6. The second kappa shape index (κ2) is 7.33. The summed E-state index contributed by atoms with van der Waals surface area (Å²) in [7, 11) is -0.423. The minimum absolute atomic E-state index is 0.165. The van der Waals surface area contributed by atoms with Crippen LogP contribution in [0, 0.1) is 0 Å². The maximum atomic E-state index is 12.5. The van der Waals surface area contributed by atoms with Crippen LogP contribution in [0.25, 0.3) is 0 Å². The van der Waals surface area contributed by atoms with Crippen LogP contribution in [-0.4, -0.2) is 41.8 Å². The van der Waals surface area contributed by atoms with Crippen molar-refractivity contribution in [1.29, 1.82) is 0 Å². The van der Waals surface area contributed by atoms with E-state index in [-0.39, 0.29) is 11.0 Å². The highest BCUT2D eigenvalue weighted by Crippen LogP contribution is 2.25. The zero-order chi connectivity index (χ0) is 17.9. The van der Waals surface area contributed by atoms with Gasteiger partial charge in [-0.2, -0.15) is 0 Å². The number of hydrogen-bond acceptors (Lipinski definition) is 5. The standard InChI is InChI=1S/C18H22N2O4S/c1-23-16-4-3-5-18(12-16)25(21,22)19-14-6-8-15(9-7-14)20-11-10-17(13-20)24-2/h3-9,12,17,19H,10-11,13H2,1-2H3/t17-/m0/s1. The topological polar surface area (TPSA) is 67.9 Å². The van der Waals surface area contributed by atoms with Gasteiger partial charge in [0, 0.05) is 37.6 Å². The van der Waals surface area contributed by atoms with Crippen molar-refractivity contribution in [2.45, 2.75) is 17.4 Å². The third-order valence-corrected chi connectivity index (χ3v) is 5.69. The quantitative estimate of drug-likeness (QED) is 0.856.